The van der Waals surface area contributed by atoms with Crippen LogP contribution in [-0.2, 0) is 9.59 Å². The van der Waals surface area contributed by atoms with E-state index in [1.54, 1.807) is 12.2 Å². The predicted octanol–water partition coefficient (Wildman–Crippen LogP) is 3.05. The molecule has 0 aromatic heterocycles. The number of hydrogen-bond acceptors (Lipinski definition) is 4. The topological polar surface area (TPSA) is 74.6 Å². The third-order valence-electron chi connectivity index (χ3n) is 8.61. The Morgan fingerprint density at radius 1 is 1.37 bits per heavy atom. The molecule has 5 heteroatoms. The van der Waals surface area contributed by atoms with Gasteiger partial charge in [-0.25, -0.2) is 0 Å². The Labute approximate surface area is 165 Å². The number of alkyl halides is 1. The molecule has 0 radical (unpaired) electrons. The smallest absolute Gasteiger partial charge is 0.190 e. The molecule has 148 valence electrons. The number of rotatable bonds is 2. The summed E-state index contributed by atoms with van der Waals surface area (Å²) in [5, 5.41) is 20.8. The number of Topliss-reactive ketones (excluding diaryl/α,β-unsaturated/α-hetero) is 1. The molecule has 4 rings (SSSR count). The van der Waals surface area contributed by atoms with Crippen LogP contribution in [-0.4, -0.2) is 39.4 Å². The van der Waals surface area contributed by atoms with Gasteiger partial charge < -0.3 is 10.2 Å². The van der Waals surface area contributed by atoms with Crippen molar-refractivity contribution in [2.24, 2.45) is 34.5 Å². The minimum Gasteiger partial charge on any atom is -0.388 e. The predicted molar refractivity (Wildman–Crippen MR) is 103 cm³/mol. The van der Waals surface area contributed by atoms with Gasteiger partial charge in [0, 0.05) is 16.2 Å². The van der Waals surface area contributed by atoms with Crippen LogP contribution in [0.3, 0.4) is 0 Å². The van der Waals surface area contributed by atoms with Crippen LogP contribution < -0.4 is 0 Å². The third-order valence-corrected chi connectivity index (χ3v) is 9.03. The van der Waals surface area contributed by atoms with Crippen LogP contribution in [0.2, 0.25) is 0 Å². The van der Waals surface area contributed by atoms with Gasteiger partial charge in [-0.1, -0.05) is 32.4 Å². The van der Waals surface area contributed by atoms with Crippen molar-refractivity contribution in [3.8, 4) is 0 Å². The largest absolute Gasteiger partial charge is 0.388 e. The van der Waals surface area contributed by atoms with Crippen LogP contribution in [0.25, 0.3) is 0 Å². The second-order valence-corrected chi connectivity index (χ2v) is 10.2. The lowest BCUT2D eigenvalue weighted by atomic mass is 9.47. The standard InChI is InChI=1S/C22H29ClO4/c1-12-8-16-15-5-4-13-9-14(25)6-7-20(13,2)19(15)17(23)10-21(16,3)22(12,27)18(26)11-24/h6-7,9,12,15-17,19,24,27H,4-5,8,10-11H2,1-3H3/t12-,15-,16+,17-,19+,20-,21-,22+/m0/s1. The van der Waals surface area contributed by atoms with E-state index in [0.29, 0.717) is 6.42 Å². The number of ketones is 2. The van der Waals surface area contributed by atoms with Gasteiger partial charge in [-0.2, -0.15) is 0 Å². The SMILES string of the molecule is C[C@H]1C[C@@H]2[C@@H]3CCC4=CC(=O)C=C[C@]4(C)[C@H]3[C@@H](Cl)C[C@]2(C)[C@]1(O)C(=O)CO. The van der Waals surface area contributed by atoms with Gasteiger partial charge in [-0.05, 0) is 61.5 Å². The molecule has 0 aliphatic heterocycles. The fraction of sp³-hybridized carbons (Fsp3) is 0.727. The van der Waals surface area contributed by atoms with Gasteiger partial charge in [0.05, 0.1) is 0 Å². The normalized spacial score (nSPS) is 51.3. The first kappa shape index (κ1) is 19.4. The van der Waals surface area contributed by atoms with E-state index in [4.69, 9.17) is 11.6 Å². The Morgan fingerprint density at radius 2 is 2.07 bits per heavy atom. The van der Waals surface area contributed by atoms with E-state index >= 15 is 0 Å². The van der Waals surface area contributed by atoms with Gasteiger partial charge in [-0.3, -0.25) is 9.59 Å². The number of allylic oxidation sites excluding steroid dienone is 4. The van der Waals surface area contributed by atoms with Crippen LogP contribution in [0, 0.1) is 34.5 Å². The van der Waals surface area contributed by atoms with Crippen molar-refractivity contribution in [2.45, 2.75) is 57.4 Å². The first-order valence-electron chi connectivity index (χ1n) is 10.0. The van der Waals surface area contributed by atoms with Crippen LogP contribution in [0.1, 0.15) is 46.5 Å². The van der Waals surface area contributed by atoms with Crippen molar-refractivity contribution >= 4 is 23.2 Å². The Hall–Kier alpha value is -0.970. The maximum Gasteiger partial charge on any atom is 0.190 e. The quantitative estimate of drug-likeness (QED) is 0.708. The Balaban J connectivity index is 1.78. The zero-order chi connectivity index (χ0) is 19.8. The molecule has 0 spiro atoms. The lowest BCUT2D eigenvalue weighted by Gasteiger charge is -2.59. The number of aliphatic hydroxyl groups is 2. The molecule has 3 fully saturated rings. The van der Waals surface area contributed by atoms with E-state index in [1.165, 1.54) is 5.57 Å². The number of carbonyl (C=O) groups is 2. The van der Waals surface area contributed by atoms with E-state index in [-0.39, 0.29) is 40.2 Å². The van der Waals surface area contributed by atoms with Crippen LogP contribution in [0.15, 0.2) is 23.8 Å². The van der Waals surface area contributed by atoms with Gasteiger partial charge in [-0.15, -0.1) is 11.6 Å². The molecule has 0 heterocycles. The first-order valence-corrected chi connectivity index (χ1v) is 10.5. The number of fused-ring (bicyclic) bond motifs is 5. The molecule has 0 bridgehead atoms. The molecule has 4 nitrogen and oxygen atoms in total. The summed E-state index contributed by atoms with van der Waals surface area (Å²) < 4.78 is 0. The number of halogens is 1. The second kappa shape index (κ2) is 6.01. The summed E-state index contributed by atoms with van der Waals surface area (Å²) in [7, 11) is 0. The summed E-state index contributed by atoms with van der Waals surface area (Å²) in [6, 6.07) is 0. The van der Waals surface area contributed by atoms with E-state index < -0.39 is 23.4 Å². The highest BCUT2D eigenvalue weighted by molar-refractivity contribution is 6.21. The highest BCUT2D eigenvalue weighted by Crippen LogP contribution is 2.69. The molecule has 3 saturated carbocycles. The average molecular weight is 393 g/mol. The molecular formula is C22H29ClO4. The molecule has 0 aromatic carbocycles. The molecule has 0 saturated heterocycles. The fourth-order valence-corrected chi connectivity index (χ4v) is 8.07. The summed E-state index contributed by atoms with van der Waals surface area (Å²) in [5.74, 6) is 0.00756. The molecule has 0 aromatic rings. The fourth-order valence-electron chi connectivity index (χ4n) is 7.30. The average Bonchev–Trinajstić information content (AvgIpc) is 2.82. The van der Waals surface area contributed by atoms with E-state index in [0.717, 1.165) is 19.3 Å². The Bertz CT molecular complexity index is 757. The molecule has 27 heavy (non-hydrogen) atoms. The summed E-state index contributed by atoms with van der Waals surface area (Å²) in [5.41, 5.74) is -1.24. The maximum atomic E-state index is 12.6. The van der Waals surface area contributed by atoms with Crippen molar-refractivity contribution < 1.29 is 19.8 Å². The van der Waals surface area contributed by atoms with Crippen LogP contribution in [0.4, 0.5) is 0 Å². The maximum absolute atomic E-state index is 12.6. The third kappa shape index (κ3) is 2.30. The Morgan fingerprint density at radius 3 is 2.74 bits per heavy atom. The monoisotopic (exact) mass is 392 g/mol. The van der Waals surface area contributed by atoms with Gasteiger partial charge in [0.2, 0.25) is 0 Å². The number of hydrogen-bond donors (Lipinski definition) is 2. The van der Waals surface area contributed by atoms with Crippen LogP contribution >= 0.6 is 11.6 Å². The minimum atomic E-state index is -1.53. The lowest BCUT2D eigenvalue weighted by Crippen LogP contribution is -2.62. The summed E-state index contributed by atoms with van der Waals surface area (Å²) in [4.78, 5) is 24.5. The molecule has 0 unspecified atom stereocenters. The minimum absolute atomic E-state index is 0.0464. The summed E-state index contributed by atoms with van der Waals surface area (Å²) >= 11 is 6.98. The second-order valence-electron chi connectivity index (χ2n) is 9.64. The molecule has 4 aliphatic rings. The molecular weight excluding hydrogens is 364 g/mol. The van der Waals surface area contributed by atoms with Gasteiger partial charge >= 0.3 is 0 Å². The summed E-state index contributed by atoms with van der Waals surface area (Å²) in [6.07, 6.45) is 8.54. The van der Waals surface area contributed by atoms with E-state index in [2.05, 4.69) is 6.92 Å². The Kier molecular flexibility index (Phi) is 4.31. The van der Waals surface area contributed by atoms with E-state index in [9.17, 15) is 19.8 Å². The molecule has 2 N–H and O–H groups in total. The number of aliphatic hydroxyl groups excluding tert-OH is 1. The van der Waals surface area contributed by atoms with Crippen molar-refractivity contribution in [3.63, 3.8) is 0 Å². The van der Waals surface area contributed by atoms with Crippen molar-refractivity contribution in [1.82, 2.24) is 0 Å². The summed E-state index contributed by atoms with van der Waals surface area (Å²) in [6.45, 7) is 5.46. The van der Waals surface area contributed by atoms with Gasteiger partial charge in [0.1, 0.15) is 12.2 Å². The van der Waals surface area contributed by atoms with E-state index in [1.807, 2.05) is 19.9 Å². The van der Waals surface area contributed by atoms with Crippen molar-refractivity contribution in [1.29, 1.82) is 0 Å². The van der Waals surface area contributed by atoms with Gasteiger partial charge in [0.25, 0.3) is 0 Å². The molecule has 4 aliphatic carbocycles. The molecule has 0 amide bonds. The zero-order valence-electron chi connectivity index (χ0n) is 16.2. The lowest BCUT2D eigenvalue weighted by molar-refractivity contribution is -0.168. The molecule has 8 atom stereocenters. The van der Waals surface area contributed by atoms with Crippen molar-refractivity contribution in [3.05, 3.63) is 23.8 Å². The van der Waals surface area contributed by atoms with Crippen molar-refractivity contribution in [2.75, 3.05) is 6.61 Å². The first-order chi connectivity index (χ1) is 12.6. The number of carbonyl (C=O) groups excluding carboxylic acids is 2. The van der Waals surface area contributed by atoms with Crippen LogP contribution in [0.5, 0.6) is 0 Å². The highest BCUT2D eigenvalue weighted by atomic mass is 35.5. The highest BCUT2D eigenvalue weighted by Gasteiger charge is 2.70. The zero-order valence-corrected chi connectivity index (χ0v) is 17.0. The van der Waals surface area contributed by atoms with Gasteiger partial charge in [0.15, 0.2) is 11.6 Å².